The van der Waals surface area contributed by atoms with Crippen molar-refractivity contribution in [1.29, 1.82) is 0 Å². The first-order chi connectivity index (χ1) is 10.2. The minimum absolute atomic E-state index is 0.0468. The van der Waals surface area contributed by atoms with Gasteiger partial charge in [0.15, 0.2) is 5.78 Å². The van der Waals surface area contributed by atoms with E-state index in [2.05, 4.69) is 45.7 Å². The molecule has 0 spiro atoms. The van der Waals surface area contributed by atoms with E-state index in [0.717, 1.165) is 24.1 Å². The summed E-state index contributed by atoms with van der Waals surface area (Å²) < 4.78 is 0. The first-order valence-corrected chi connectivity index (χ1v) is 7.97. The van der Waals surface area contributed by atoms with Crippen molar-refractivity contribution < 1.29 is 4.79 Å². The van der Waals surface area contributed by atoms with Gasteiger partial charge in [-0.1, -0.05) is 50.3 Å². The van der Waals surface area contributed by atoms with Gasteiger partial charge in [-0.3, -0.25) is 4.79 Å². The van der Waals surface area contributed by atoms with Crippen LogP contribution in [0.4, 0.5) is 0 Å². The lowest BCUT2D eigenvalue weighted by Crippen LogP contribution is -2.44. The smallest absolute Gasteiger partial charge is 0.183 e. The van der Waals surface area contributed by atoms with Crippen LogP contribution in [-0.4, -0.2) is 22.8 Å². The third kappa shape index (κ3) is 3.88. The first kappa shape index (κ1) is 16.5. The molecule has 1 aliphatic rings. The van der Waals surface area contributed by atoms with Crippen LogP contribution in [0.25, 0.3) is 6.08 Å². The van der Waals surface area contributed by atoms with E-state index in [1.807, 2.05) is 36.4 Å². The third-order valence-corrected chi connectivity index (χ3v) is 4.35. The molecular formula is C20H27NO. The Kier molecular flexibility index (Phi) is 4.60. The molecule has 0 amide bonds. The summed E-state index contributed by atoms with van der Waals surface area (Å²) in [5, 5.41) is 0. The Morgan fingerprint density at radius 3 is 2.41 bits per heavy atom. The van der Waals surface area contributed by atoms with Crippen LogP contribution in [0.1, 0.15) is 46.6 Å². The van der Waals surface area contributed by atoms with Crippen molar-refractivity contribution in [3.8, 4) is 0 Å². The SMILES string of the molecule is CC1(C)CCN(C(C)(C)C)C=C1C(=O)C=Cc1ccccc1. The van der Waals surface area contributed by atoms with Gasteiger partial charge < -0.3 is 4.90 Å². The largest absolute Gasteiger partial charge is 0.372 e. The van der Waals surface area contributed by atoms with Gasteiger partial charge in [-0.25, -0.2) is 0 Å². The Morgan fingerprint density at radius 2 is 1.82 bits per heavy atom. The number of ketones is 1. The Hall–Kier alpha value is -1.83. The normalized spacial score (nSPS) is 18.4. The summed E-state index contributed by atoms with van der Waals surface area (Å²) in [6.45, 7) is 11.9. The lowest BCUT2D eigenvalue weighted by Gasteiger charge is -2.43. The van der Waals surface area contributed by atoms with E-state index in [9.17, 15) is 4.79 Å². The van der Waals surface area contributed by atoms with Crippen molar-refractivity contribution in [3.63, 3.8) is 0 Å². The van der Waals surface area contributed by atoms with Crippen LogP contribution in [0.5, 0.6) is 0 Å². The minimum Gasteiger partial charge on any atom is -0.372 e. The molecule has 0 aliphatic carbocycles. The maximum Gasteiger partial charge on any atom is 0.183 e. The third-order valence-electron chi connectivity index (χ3n) is 4.35. The number of rotatable bonds is 3. The Bertz CT molecular complexity index is 588. The van der Waals surface area contributed by atoms with E-state index in [4.69, 9.17) is 0 Å². The number of hydrogen-bond donors (Lipinski definition) is 0. The van der Waals surface area contributed by atoms with Crippen LogP contribution in [-0.2, 0) is 4.79 Å². The molecule has 22 heavy (non-hydrogen) atoms. The molecule has 1 aromatic rings. The van der Waals surface area contributed by atoms with E-state index in [0.29, 0.717) is 0 Å². The summed E-state index contributed by atoms with van der Waals surface area (Å²) in [5.74, 6) is 0.114. The Morgan fingerprint density at radius 1 is 1.18 bits per heavy atom. The summed E-state index contributed by atoms with van der Waals surface area (Å²) >= 11 is 0. The van der Waals surface area contributed by atoms with Crippen molar-refractivity contribution >= 4 is 11.9 Å². The summed E-state index contributed by atoms with van der Waals surface area (Å²) in [4.78, 5) is 15.0. The molecule has 1 aliphatic heterocycles. The fraction of sp³-hybridized carbons (Fsp3) is 0.450. The molecule has 2 nitrogen and oxygen atoms in total. The maximum atomic E-state index is 12.7. The predicted octanol–water partition coefficient (Wildman–Crippen LogP) is 4.68. The summed E-state index contributed by atoms with van der Waals surface area (Å²) in [6, 6.07) is 9.95. The summed E-state index contributed by atoms with van der Waals surface area (Å²) in [6.07, 6.45) is 6.67. The molecule has 1 aromatic carbocycles. The van der Waals surface area contributed by atoms with Crippen molar-refractivity contribution in [3.05, 3.63) is 53.7 Å². The van der Waals surface area contributed by atoms with Gasteiger partial charge >= 0.3 is 0 Å². The topological polar surface area (TPSA) is 20.3 Å². The average Bonchev–Trinajstić information content (AvgIpc) is 2.44. The molecule has 118 valence electrons. The van der Waals surface area contributed by atoms with Crippen LogP contribution in [0, 0.1) is 5.41 Å². The van der Waals surface area contributed by atoms with Crippen molar-refractivity contribution in [2.45, 2.75) is 46.6 Å². The zero-order valence-electron chi connectivity index (χ0n) is 14.4. The highest BCUT2D eigenvalue weighted by Crippen LogP contribution is 2.37. The van der Waals surface area contributed by atoms with Gasteiger partial charge in [-0.05, 0) is 44.2 Å². The molecule has 2 rings (SSSR count). The second-order valence-electron chi connectivity index (χ2n) is 7.65. The van der Waals surface area contributed by atoms with Gasteiger partial charge in [0, 0.05) is 23.9 Å². The van der Waals surface area contributed by atoms with Crippen molar-refractivity contribution in [2.75, 3.05) is 6.54 Å². The van der Waals surface area contributed by atoms with Crippen molar-refractivity contribution in [2.24, 2.45) is 5.41 Å². The van der Waals surface area contributed by atoms with Crippen molar-refractivity contribution in [1.82, 2.24) is 4.90 Å². The van der Waals surface area contributed by atoms with Gasteiger partial charge in [0.05, 0.1) is 0 Å². The number of carbonyl (C=O) groups is 1. The number of hydrogen-bond acceptors (Lipinski definition) is 2. The average molecular weight is 297 g/mol. The predicted molar refractivity (Wildman–Crippen MR) is 93.4 cm³/mol. The summed E-state index contributed by atoms with van der Waals surface area (Å²) in [5.41, 5.74) is 1.93. The van der Waals surface area contributed by atoms with E-state index >= 15 is 0 Å². The number of nitrogens with zero attached hydrogens (tertiary/aromatic N) is 1. The number of benzene rings is 1. The fourth-order valence-corrected chi connectivity index (χ4v) is 2.68. The molecule has 0 radical (unpaired) electrons. The molecule has 0 aromatic heterocycles. The molecule has 0 fully saturated rings. The van der Waals surface area contributed by atoms with Gasteiger partial charge in [0.2, 0.25) is 0 Å². The quantitative estimate of drug-likeness (QED) is 0.755. The lowest BCUT2D eigenvalue weighted by molar-refractivity contribution is -0.112. The highest BCUT2D eigenvalue weighted by atomic mass is 16.1. The molecular weight excluding hydrogens is 270 g/mol. The van der Waals surface area contributed by atoms with Gasteiger partial charge in [-0.2, -0.15) is 0 Å². The number of carbonyl (C=O) groups excluding carboxylic acids is 1. The van der Waals surface area contributed by atoms with Gasteiger partial charge in [0.1, 0.15) is 0 Å². The van der Waals surface area contributed by atoms with Crippen LogP contribution in [0.15, 0.2) is 48.2 Å². The van der Waals surface area contributed by atoms with Crippen LogP contribution < -0.4 is 0 Å². The molecule has 0 atom stereocenters. The molecule has 2 heteroatoms. The zero-order valence-corrected chi connectivity index (χ0v) is 14.4. The van der Waals surface area contributed by atoms with Gasteiger partial charge in [-0.15, -0.1) is 0 Å². The van der Waals surface area contributed by atoms with Gasteiger partial charge in [0.25, 0.3) is 0 Å². The second-order valence-corrected chi connectivity index (χ2v) is 7.65. The van der Waals surface area contributed by atoms with Crippen LogP contribution in [0.3, 0.4) is 0 Å². The first-order valence-electron chi connectivity index (χ1n) is 7.97. The molecule has 0 bridgehead atoms. The van der Waals surface area contributed by atoms with E-state index in [1.165, 1.54) is 0 Å². The fourth-order valence-electron chi connectivity index (χ4n) is 2.68. The van der Waals surface area contributed by atoms with E-state index < -0.39 is 0 Å². The molecule has 0 saturated carbocycles. The lowest BCUT2D eigenvalue weighted by atomic mass is 9.76. The molecule has 0 unspecified atom stereocenters. The molecule has 1 heterocycles. The monoisotopic (exact) mass is 297 g/mol. The highest BCUT2D eigenvalue weighted by Gasteiger charge is 2.34. The second kappa shape index (κ2) is 6.12. The minimum atomic E-state index is -0.0696. The Labute approximate surface area is 134 Å². The van der Waals surface area contributed by atoms with Crippen LogP contribution in [0.2, 0.25) is 0 Å². The molecule has 0 N–H and O–H groups in total. The highest BCUT2D eigenvalue weighted by molar-refractivity contribution is 6.07. The standard InChI is InChI=1S/C20H27NO/c1-19(2,3)21-14-13-20(4,5)17(15-21)18(22)12-11-16-9-7-6-8-10-16/h6-12,15H,13-14H2,1-5H3. The number of allylic oxidation sites excluding steroid dienone is 2. The summed E-state index contributed by atoms with van der Waals surface area (Å²) in [7, 11) is 0. The zero-order chi connectivity index (χ0) is 16.4. The Balaban J connectivity index is 2.25. The van der Waals surface area contributed by atoms with E-state index in [1.54, 1.807) is 6.08 Å². The maximum absolute atomic E-state index is 12.7. The van der Waals surface area contributed by atoms with E-state index in [-0.39, 0.29) is 16.7 Å². The molecule has 0 saturated heterocycles. The van der Waals surface area contributed by atoms with Crippen LogP contribution >= 0.6 is 0 Å².